The number of hydrogen-bond donors (Lipinski definition) is 1. The molecule has 27 heavy (non-hydrogen) atoms. The standard InChI is InChI=1S/C22H31N3O2/c1-14(2)20-11-19(23-24-20)13-25-8-6-7-17(12-25)21(26)18-9-15(3)22(27-5)16(4)10-18/h9-11,14,17H,6-8,12-13H2,1-5H3,(H,23,24)/t17-/m0/s1. The summed E-state index contributed by atoms with van der Waals surface area (Å²) in [7, 11) is 1.68. The number of nitrogens with zero attached hydrogens (tertiary/aromatic N) is 2. The molecule has 3 rings (SSSR count). The Kier molecular flexibility index (Phi) is 6.00. The largest absolute Gasteiger partial charge is 0.496 e. The topological polar surface area (TPSA) is 58.2 Å². The molecule has 0 saturated carbocycles. The van der Waals surface area contributed by atoms with Gasteiger partial charge in [-0.3, -0.25) is 14.8 Å². The van der Waals surface area contributed by atoms with Crippen molar-refractivity contribution in [3.63, 3.8) is 0 Å². The van der Waals surface area contributed by atoms with E-state index in [1.54, 1.807) is 7.11 Å². The van der Waals surface area contributed by atoms with Crippen molar-refractivity contribution in [2.24, 2.45) is 5.92 Å². The third kappa shape index (κ3) is 4.41. The van der Waals surface area contributed by atoms with E-state index in [0.29, 0.717) is 5.92 Å². The van der Waals surface area contributed by atoms with Gasteiger partial charge in [0.1, 0.15) is 5.75 Å². The number of H-pyrrole nitrogens is 1. The lowest BCUT2D eigenvalue weighted by atomic mass is 9.88. The molecule has 1 aromatic carbocycles. The fourth-order valence-electron chi connectivity index (χ4n) is 4.06. The number of methoxy groups -OCH3 is 1. The Balaban J connectivity index is 1.69. The predicted molar refractivity (Wildman–Crippen MR) is 107 cm³/mol. The number of ether oxygens (including phenoxy) is 1. The maximum Gasteiger partial charge on any atom is 0.167 e. The number of rotatable bonds is 6. The first-order chi connectivity index (χ1) is 12.9. The van der Waals surface area contributed by atoms with Crippen LogP contribution in [0.4, 0.5) is 0 Å². The van der Waals surface area contributed by atoms with E-state index >= 15 is 0 Å². The van der Waals surface area contributed by atoms with Crippen LogP contribution in [0.2, 0.25) is 0 Å². The molecule has 1 atom stereocenters. The summed E-state index contributed by atoms with van der Waals surface area (Å²) in [5, 5.41) is 7.54. The molecule has 5 nitrogen and oxygen atoms in total. The molecule has 1 N–H and O–H groups in total. The van der Waals surface area contributed by atoms with E-state index in [2.05, 4.69) is 35.0 Å². The van der Waals surface area contributed by atoms with Gasteiger partial charge in [0.05, 0.1) is 12.8 Å². The Bertz CT molecular complexity index is 787. The van der Waals surface area contributed by atoms with Gasteiger partial charge in [-0.05, 0) is 68.5 Å². The molecule has 0 amide bonds. The molecule has 0 aliphatic carbocycles. The maximum absolute atomic E-state index is 13.1. The van der Waals surface area contributed by atoms with Gasteiger partial charge in [0.15, 0.2) is 5.78 Å². The Morgan fingerprint density at radius 3 is 2.59 bits per heavy atom. The number of aryl methyl sites for hydroxylation is 2. The second kappa shape index (κ2) is 8.26. The van der Waals surface area contributed by atoms with Crippen LogP contribution in [0, 0.1) is 19.8 Å². The lowest BCUT2D eigenvalue weighted by Crippen LogP contribution is -2.38. The third-order valence-electron chi connectivity index (χ3n) is 5.46. The summed E-state index contributed by atoms with van der Waals surface area (Å²) in [6, 6.07) is 6.08. The van der Waals surface area contributed by atoms with Gasteiger partial charge in [-0.25, -0.2) is 0 Å². The van der Waals surface area contributed by atoms with Gasteiger partial charge in [0.2, 0.25) is 0 Å². The molecule has 0 radical (unpaired) electrons. The predicted octanol–water partition coefficient (Wildman–Crippen LogP) is 4.25. The van der Waals surface area contributed by atoms with Crippen LogP contribution in [0.1, 0.15) is 65.5 Å². The summed E-state index contributed by atoms with van der Waals surface area (Å²) < 4.78 is 5.43. The van der Waals surface area contributed by atoms with Gasteiger partial charge in [-0.15, -0.1) is 0 Å². The van der Waals surface area contributed by atoms with Crippen molar-refractivity contribution in [3.8, 4) is 5.75 Å². The summed E-state index contributed by atoms with van der Waals surface area (Å²) >= 11 is 0. The van der Waals surface area contributed by atoms with Crippen molar-refractivity contribution in [3.05, 3.63) is 46.3 Å². The van der Waals surface area contributed by atoms with Crippen LogP contribution in [0.15, 0.2) is 18.2 Å². The van der Waals surface area contributed by atoms with Crippen LogP contribution in [0.25, 0.3) is 0 Å². The SMILES string of the molecule is COc1c(C)cc(C(=O)[C@H]2CCCN(Cc3cc(C(C)C)n[nH]3)C2)cc1C. The zero-order valence-electron chi connectivity index (χ0n) is 17.1. The van der Waals surface area contributed by atoms with Crippen molar-refractivity contribution in [1.82, 2.24) is 15.1 Å². The number of aromatic amines is 1. The van der Waals surface area contributed by atoms with Gasteiger partial charge in [0, 0.05) is 30.3 Å². The van der Waals surface area contributed by atoms with E-state index < -0.39 is 0 Å². The minimum atomic E-state index is 0.0541. The number of carbonyl (C=O) groups is 1. The van der Waals surface area contributed by atoms with E-state index in [-0.39, 0.29) is 11.7 Å². The van der Waals surface area contributed by atoms with Crippen LogP contribution in [-0.2, 0) is 6.54 Å². The molecule has 1 aliphatic heterocycles. The number of piperidine rings is 1. The van der Waals surface area contributed by atoms with Gasteiger partial charge in [-0.1, -0.05) is 13.8 Å². The lowest BCUT2D eigenvalue weighted by molar-refractivity contribution is 0.0810. The molecule has 1 fully saturated rings. The number of Topliss-reactive ketones (excluding diaryl/α,β-unsaturated/α-hetero) is 1. The fourth-order valence-corrected chi connectivity index (χ4v) is 4.06. The van der Waals surface area contributed by atoms with Gasteiger partial charge >= 0.3 is 0 Å². The van der Waals surface area contributed by atoms with Gasteiger partial charge < -0.3 is 4.74 Å². The monoisotopic (exact) mass is 369 g/mol. The summed E-state index contributed by atoms with van der Waals surface area (Å²) in [6.45, 7) is 11.0. The Hall–Kier alpha value is -2.14. The molecule has 0 spiro atoms. The minimum Gasteiger partial charge on any atom is -0.496 e. The molecular weight excluding hydrogens is 338 g/mol. The van der Waals surface area contributed by atoms with E-state index in [9.17, 15) is 4.79 Å². The number of aromatic nitrogens is 2. The Labute approximate surface area is 162 Å². The highest BCUT2D eigenvalue weighted by molar-refractivity contribution is 5.98. The van der Waals surface area contributed by atoms with E-state index in [0.717, 1.165) is 66.3 Å². The second-order valence-corrected chi connectivity index (χ2v) is 8.05. The number of ketones is 1. The van der Waals surface area contributed by atoms with Crippen molar-refractivity contribution in [2.45, 2.75) is 53.0 Å². The summed E-state index contributed by atoms with van der Waals surface area (Å²) in [6.07, 6.45) is 2.01. The molecule has 0 unspecified atom stereocenters. The van der Waals surface area contributed by atoms with Crippen molar-refractivity contribution < 1.29 is 9.53 Å². The quantitative estimate of drug-likeness (QED) is 0.773. The summed E-state index contributed by atoms with van der Waals surface area (Å²) in [5.41, 5.74) is 5.07. The molecule has 2 heterocycles. The van der Waals surface area contributed by atoms with E-state index in [1.807, 2.05) is 26.0 Å². The molecule has 5 heteroatoms. The highest BCUT2D eigenvalue weighted by atomic mass is 16.5. The van der Waals surface area contributed by atoms with Crippen molar-refractivity contribution in [1.29, 1.82) is 0 Å². The molecular formula is C22H31N3O2. The maximum atomic E-state index is 13.1. The van der Waals surface area contributed by atoms with Crippen LogP contribution >= 0.6 is 0 Å². The van der Waals surface area contributed by atoms with Crippen LogP contribution in [-0.4, -0.2) is 41.1 Å². The molecule has 2 aromatic rings. The number of likely N-dealkylation sites (tertiary alicyclic amines) is 1. The average molecular weight is 370 g/mol. The second-order valence-electron chi connectivity index (χ2n) is 8.05. The zero-order valence-corrected chi connectivity index (χ0v) is 17.1. The first-order valence-corrected chi connectivity index (χ1v) is 9.85. The smallest absolute Gasteiger partial charge is 0.167 e. The minimum absolute atomic E-state index is 0.0541. The average Bonchev–Trinajstić information content (AvgIpc) is 3.10. The number of hydrogen-bond acceptors (Lipinski definition) is 4. The molecule has 1 aliphatic rings. The Morgan fingerprint density at radius 2 is 2.00 bits per heavy atom. The first kappa shape index (κ1) is 19.6. The summed E-state index contributed by atoms with van der Waals surface area (Å²) in [4.78, 5) is 15.5. The van der Waals surface area contributed by atoms with Crippen LogP contribution in [0.5, 0.6) is 5.75 Å². The molecule has 146 valence electrons. The first-order valence-electron chi connectivity index (χ1n) is 9.85. The number of nitrogens with one attached hydrogen (secondary N) is 1. The zero-order chi connectivity index (χ0) is 19.6. The Morgan fingerprint density at radius 1 is 1.30 bits per heavy atom. The lowest BCUT2D eigenvalue weighted by Gasteiger charge is -2.31. The van der Waals surface area contributed by atoms with Crippen LogP contribution in [0.3, 0.4) is 0 Å². The van der Waals surface area contributed by atoms with Crippen molar-refractivity contribution in [2.75, 3.05) is 20.2 Å². The number of benzene rings is 1. The highest BCUT2D eigenvalue weighted by Crippen LogP contribution is 2.28. The van der Waals surface area contributed by atoms with Gasteiger partial charge in [-0.2, -0.15) is 5.10 Å². The van der Waals surface area contributed by atoms with Crippen LogP contribution < -0.4 is 4.74 Å². The van der Waals surface area contributed by atoms with E-state index in [1.165, 1.54) is 0 Å². The molecule has 1 aromatic heterocycles. The number of carbonyl (C=O) groups excluding carboxylic acids is 1. The molecule has 0 bridgehead atoms. The third-order valence-corrected chi connectivity index (χ3v) is 5.46. The normalized spacial score (nSPS) is 18.1. The molecule has 1 saturated heterocycles. The van der Waals surface area contributed by atoms with Gasteiger partial charge in [0.25, 0.3) is 0 Å². The van der Waals surface area contributed by atoms with Crippen molar-refractivity contribution >= 4 is 5.78 Å². The summed E-state index contributed by atoms with van der Waals surface area (Å²) in [5.74, 6) is 1.60. The van der Waals surface area contributed by atoms with E-state index in [4.69, 9.17) is 4.74 Å². The highest BCUT2D eigenvalue weighted by Gasteiger charge is 2.27. The fraction of sp³-hybridized carbons (Fsp3) is 0.545.